The lowest BCUT2D eigenvalue weighted by molar-refractivity contribution is 0.0653. The molecule has 0 saturated heterocycles. The van der Waals surface area contributed by atoms with Gasteiger partial charge in [-0.2, -0.15) is 0 Å². The first-order valence-electron chi connectivity index (χ1n) is 6.63. The van der Waals surface area contributed by atoms with Crippen molar-refractivity contribution < 1.29 is 13.9 Å². The quantitative estimate of drug-likeness (QED) is 0.841. The van der Waals surface area contributed by atoms with Gasteiger partial charge < -0.3 is 5.11 Å². The summed E-state index contributed by atoms with van der Waals surface area (Å²) >= 11 is 0. The van der Waals surface area contributed by atoms with Crippen molar-refractivity contribution in [3.63, 3.8) is 0 Å². The lowest BCUT2D eigenvalue weighted by Gasteiger charge is -2.31. The van der Waals surface area contributed by atoms with Gasteiger partial charge in [0.15, 0.2) is 0 Å². The first-order chi connectivity index (χ1) is 8.50. The summed E-state index contributed by atoms with van der Waals surface area (Å²) in [5.74, 6) is -0.738. The summed E-state index contributed by atoms with van der Waals surface area (Å²) in [4.78, 5) is 0. The number of hydrogen-bond donors (Lipinski definition) is 1. The molecule has 0 amide bonds. The Balaban J connectivity index is 2.28. The van der Waals surface area contributed by atoms with Crippen molar-refractivity contribution in [1.82, 2.24) is 0 Å². The minimum absolute atomic E-state index is 0.0282. The van der Waals surface area contributed by atoms with Crippen molar-refractivity contribution >= 4 is 0 Å². The Kier molecular flexibility index (Phi) is 4.00. The van der Waals surface area contributed by atoms with Crippen LogP contribution in [0.1, 0.15) is 49.8 Å². The Hall–Kier alpha value is -0.960. The van der Waals surface area contributed by atoms with Gasteiger partial charge in [-0.15, -0.1) is 0 Å². The predicted octanol–water partition coefficient (Wildman–Crippen LogP) is 4.13. The van der Waals surface area contributed by atoms with E-state index in [1.165, 1.54) is 12.1 Å². The summed E-state index contributed by atoms with van der Waals surface area (Å²) in [6, 6.07) is 2.65. The lowest BCUT2D eigenvalue weighted by Crippen LogP contribution is -2.22. The normalized spacial score (nSPS) is 26.1. The predicted molar refractivity (Wildman–Crippen MR) is 67.2 cm³/mol. The molecule has 0 radical (unpaired) electrons. The molecule has 1 N–H and O–H groups in total. The Bertz CT molecular complexity index is 431. The number of halogens is 2. The molecule has 0 spiro atoms. The fraction of sp³-hybridized carbons (Fsp3) is 0.600. The highest BCUT2D eigenvalue weighted by molar-refractivity contribution is 5.28. The minimum atomic E-state index is -1.02. The summed E-state index contributed by atoms with van der Waals surface area (Å²) in [6.07, 6.45) is 2.83. The highest BCUT2D eigenvalue weighted by Gasteiger charge is 2.30. The molecular weight excluding hydrogens is 234 g/mol. The molecule has 1 aromatic rings. The zero-order valence-electron chi connectivity index (χ0n) is 10.9. The van der Waals surface area contributed by atoms with E-state index in [1.807, 2.05) is 0 Å². The van der Waals surface area contributed by atoms with Gasteiger partial charge >= 0.3 is 0 Å². The minimum Gasteiger partial charge on any atom is -0.388 e. The van der Waals surface area contributed by atoms with E-state index in [0.717, 1.165) is 25.7 Å². The van der Waals surface area contributed by atoms with E-state index in [1.54, 1.807) is 6.92 Å². The molecule has 1 aliphatic rings. The third-order valence-corrected chi connectivity index (χ3v) is 4.04. The molecule has 3 atom stereocenters. The van der Waals surface area contributed by atoms with Crippen molar-refractivity contribution in [3.05, 3.63) is 34.9 Å². The molecule has 1 aliphatic carbocycles. The Morgan fingerprint density at radius 2 is 2.00 bits per heavy atom. The van der Waals surface area contributed by atoms with E-state index in [-0.39, 0.29) is 11.5 Å². The number of aryl methyl sites for hydroxylation is 1. The monoisotopic (exact) mass is 254 g/mol. The first-order valence-corrected chi connectivity index (χ1v) is 6.63. The van der Waals surface area contributed by atoms with Gasteiger partial charge in [0.25, 0.3) is 0 Å². The van der Waals surface area contributed by atoms with Crippen LogP contribution in [0.3, 0.4) is 0 Å². The average Bonchev–Trinajstić information content (AvgIpc) is 2.34. The third-order valence-electron chi connectivity index (χ3n) is 4.04. The highest BCUT2D eigenvalue weighted by atomic mass is 19.1. The van der Waals surface area contributed by atoms with Crippen LogP contribution in [0.5, 0.6) is 0 Å². The fourth-order valence-electron chi connectivity index (χ4n) is 2.95. The average molecular weight is 254 g/mol. The van der Waals surface area contributed by atoms with Gasteiger partial charge in [-0.05, 0) is 43.2 Å². The van der Waals surface area contributed by atoms with Gasteiger partial charge in [0.1, 0.15) is 11.6 Å². The second-order valence-corrected chi connectivity index (χ2v) is 5.57. The highest BCUT2D eigenvalue weighted by Crippen LogP contribution is 2.38. The van der Waals surface area contributed by atoms with E-state index >= 15 is 0 Å². The summed E-state index contributed by atoms with van der Waals surface area (Å²) in [5.41, 5.74) is 0.239. The van der Waals surface area contributed by atoms with Crippen LogP contribution in [0.2, 0.25) is 0 Å². The molecule has 1 fully saturated rings. The van der Waals surface area contributed by atoms with E-state index in [2.05, 4.69) is 6.92 Å². The number of rotatable bonds is 2. The standard InChI is InChI=1S/C15H20F2O/c1-9-4-3-5-11(8-9)15(18)13-12(16)7-6-10(2)14(13)17/h6-7,9,11,15,18H,3-5,8H2,1-2H3. The first kappa shape index (κ1) is 13.5. The molecule has 18 heavy (non-hydrogen) atoms. The maximum atomic E-state index is 14.0. The molecule has 0 bridgehead atoms. The molecule has 3 heteroatoms. The van der Waals surface area contributed by atoms with Crippen LogP contribution in [-0.4, -0.2) is 5.11 Å². The smallest absolute Gasteiger partial charge is 0.134 e. The number of hydrogen-bond acceptors (Lipinski definition) is 1. The number of aliphatic hydroxyl groups excluding tert-OH is 1. The molecule has 0 aromatic heterocycles. The van der Waals surface area contributed by atoms with Crippen molar-refractivity contribution in [2.45, 2.75) is 45.6 Å². The number of benzene rings is 1. The van der Waals surface area contributed by atoms with E-state index < -0.39 is 17.7 Å². The molecule has 1 aromatic carbocycles. The van der Waals surface area contributed by atoms with E-state index in [4.69, 9.17) is 0 Å². The van der Waals surface area contributed by atoms with Gasteiger partial charge in [0.05, 0.1) is 11.7 Å². The summed E-state index contributed by atoms with van der Waals surface area (Å²) in [7, 11) is 0. The third kappa shape index (κ3) is 2.56. The van der Waals surface area contributed by atoms with Gasteiger partial charge in [0.2, 0.25) is 0 Å². The van der Waals surface area contributed by atoms with Crippen molar-refractivity contribution in [3.8, 4) is 0 Å². The summed E-state index contributed by atoms with van der Waals surface area (Å²) < 4.78 is 27.7. The summed E-state index contributed by atoms with van der Waals surface area (Å²) in [5, 5.41) is 10.3. The Morgan fingerprint density at radius 3 is 2.67 bits per heavy atom. The zero-order valence-corrected chi connectivity index (χ0v) is 10.9. The Labute approximate surface area is 107 Å². The van der Waals surface area contributed by atoms with Crippen LogP contribution < -0.4 is 0 Å². The molecule has 100 valence electrons. The zero-order chi connectivity index (χ0) is 13.3. The van der Waals surface area contributed by atoms with Crippen LogP contribution in [0, 0.1) is 30.4 Å². The molecule has 3 unspecified atom stereocenters. The van der Waals surface area contributed by atoms with Crippen molar-refractivity contribution in [1.29, 1.82) is 0 Å². The molecule has 1 nitrogen and oxygen atoms in total. The maximum absolute atomic E-state index is 14.0. The van der Waals surface area contributed by atoms with Crippen molar-refractivity contribution in [2.75, 3.05) is 0 Å². The van der Waals surface area contributed by atoms with Gasteiger partial charge in [0, 0.05) is 0 Å². The molecule has 0 aliphatic heterocycles. The van der Waals surface area contributed by atoms with Gasteiger partial charge in [-0.25, -0.2) is 8.78 Å². The molecule has 0 heterocycles. The Morgan fingerprint density at radius 1 is 1.28 bits per heavy atom. The molecule has 1 saturated carbocycles. The van der Waals surface area contributed by atoms with Gasteiger partial charge in [-0.1, -0.05) is 25.8 Å². The van der Waals surface area contributed by atoms with Crippen LogP contribution in [-0.2, 0) is 0 Å². The van der Waals surface area contributed by atoms with E-state index in [9.17, 15) is 13.9 Å². The second kappa shape index (κ2) is 5.35. The lowest BCUT2D eigenvalue weighted by atomic mass is 9.77. The van der Waals surface area contributed by atoms with Gasteiger partial charge in [-0.3, -0.25) is 0 Å². The molecular formula is C15H20F2O. The number of aliphatic hydroxyl groups is 1. The van der Waals surface area contributed by atoms with Crippen LogP contribution in [0.4, 0.5) is 8.78 Å². The van der Waals surface area contributed by atoms with E-state index in [0.29, 0.717) is 11.5 Å². The topological polar surface area (TPSA) is 20.2 Å². The van der Waals surface area contributed by atoms with Crippen LogP contribution >= 0.6 is 0 Å². The SMILES string of the molecule is Cc1ccc(F)c(C(O)C2CCCC(C)C2)c1F. The molecule has 2 rings (SSSR count). The van der Waals surface area contributed by atoms with Crippen molar-refractivity contribution in [2.24, 2.45) is 11.8 Å². The fourth-order valence-corrected chi connectivity index (χ4v) is 2.95. The maximum Gasteiger partial charge on any atom is 0.134 e. The summed E-state index contributed by atoms with van der Waals surface area (Å²) in [6.45, 7) is 3.72. The largest absolute Gasteiger partial charge is 0.388 e. The second-order valence-electron chi connectivity index (χ2n) is 5.57. The van der Waals surface area contributed by atoms with Crippen LogP contribution in [0.15, 0.2) is 12.1 Å². The van der Waals surface area contributed by atoms with Crippen LogP contribution in [0.25, 0.3) is 0 Å².